The molecule has 0 saturated carbocycles. The van der Waals surface area contributed by atoms with Crippen molar-refractivity contribution >= 4 is 11.8 Å². The van der Waals surface area contributed by atoms with Crippen molar-refractivity contribution in [2.75, 3.05) is 19.6 Å². The van der Waals surface area contributed by atoms with Crippen molar-refractivity contribution < 1.29 is 9.59 Å². The van der Waals surface area contributed by atoms with Crippen LogP contribution in [0.5, 0.6) is 0 Å². The predicted molar refractivity (Wildman–Crippen MR) is 87.8 cm³/mol. The zero-order valence-corrected chi connectivity index (χ0v) is 13.8. The topological polar surface area (TPSA) is 73.2 Å². The standard InChI is InChI=1S/C18H23N3O2/c1-13-3-4-16(11-14(13)2)18(23)21-9-6-15(7-10-21)12-20-17(22)5-8-19/h3-4,11,15H,5-7,9-10,12H2,1-2H3,(H,20,22). The monoisotopic (exact) mass is 313 g/mol. The Hall–Kier alpha value is -2.35. The van der Waals surface area contributed by atoms with Crippen LogP contribution in [0.1, 0.15) is 40.7 Å². The average molecular weight is 313 g/mol. The molecule has 1 saturated heterocycles. The maximum Gasteiger partial charge on any atom is 0.253 e. The van der Waals surface area contributed by atoms with Crippen LogP contribution in [-0.4, -0.2) is 36.3 Å². The highest BCUT2D eigenvalue weighted by molar-refractivity contribution is 5.94. The molecule has 0 aromatic heterocycles. The van der Waals surface area contributed by atoms with E-state index in [1.54, 1.807) is 0 Å². The van der Waals surface area contributed by atoms with Crippen molar-refractivity contribution in [3.8, 4) is 6.07 Å². The lowest BCUT2D eigenvalue weighted by molar-refractivity contribution is -0.120. The normalized spacial score (nSPS) is 15.1. The van der Waals surface area contributed by atoms with Gasteiger partial charge in [-0.15, -0.1) is 0 Å². The minimum Gasteiger partial charge on any atom is -0.355 e. The van der Waals surface area contributed by atoms with Gasteiger partial charge >= 0.3 is 0 Å². The van der Waals surface area contributed by atoms with Gasteiger partial charge in [0.15, 0.2) is 0 Å². The van der Waals surface area contributed by atoms with Crippen LogP contribution in [0.3, 0.4) is 0 Å². The van der Waals surface area contributed by atoms with Crippen LogP contribution in [0, 0.1) is 31.1 Å². The smallest absolute Gasteiger partial charge is 0.253 e. The van der Waals surface area contributed by atoms with Crippen LogP contribution in [-0.2, 0) is 4.79 Å². The zero-order chi connectivity index (χ0) is 16.8. The van der Waals surface area contributed by atoms with Gasteiger partial charge < -0.3 is 10.2 Å². The summed E-state index contributed by atoms with van der Waals surface area (Å²) in [6.45, 7) is 6.07. The fraction of sp³-hybridized carbons (Fsp3) is 0.500. The number of rotatable bonds is 4. The van der Waals surface area contributed by atoms with Gasteiger partial charge in [-0.3, -0.25) is 9.59 Å². The summed E-state index contributed by atoms with van der Waals surface area (Å²) in [5, 5.41) is 11.2. The third-order valence-electron chi connectivity index (χ3n) is 4.48. The third kappa shape index (κ3) is 4.56. The van der Waals surface area contributed by atoms with E-state index in [0.29, 0.717) is 25.6 Å². The number of hydrogen-bond donors (Lipinski definition) is 1. The second-order valence-electron chi connectivity index (χ2n) is 6.17. The van der Waals surface area contributed by atoms with Crippen molar-refractivity contribution in [2.45, 2.75) is 33.1 Å². The van der Waals surface area contributed by atoms with Gasteiger partial charge in [-0.1, -0.05) is 6.07 Å². The highest BCUT2D eigenvalue weighted by atomic mass is 16.2. The van der Waals surface area contributed by atoms with E-state index in [2.05, 4.69) is 5.32 Å². The van der Waals surface area contributed by atoms with Crippen molar-refractivity contribution in [3.05, 3.63) is 34.9 Å². The van der Waals surface area contributed by atoms with Crippen molar-refractivity contribution in [1.29, 1.82) is 5.26 Å². The van der Waals surface area contributed by atoms with Crippen molar-refractivity contribution in [3.63, 3.8) is 0 Å². The van der Waals surface area contributed by atoms with Crippen LogP contribution >= 0.6 is 0 Å². The molecule has 0 aliphatic carbocycles. The Balaban J connectivity index is 1.84. The maximum atomic E-state index is 12.5. The van der Waals surface area contributed by atoms with E-state index in [4.69, 9.17) is 5.26 Å². The number of nitrogens with one attached hydrogen (secondary N) is 1. The van der Waals surface area contributed by atoms with Crippen LogP contribution in [0.25, 0.3) is 0 Å². The Morgan fingerprint density at radius 1 is 1.26 bits per heavy atom. The third-order valence-corrected chi connectivity index (χ3v) is 4.48. The summed E-state index contributed by atoms with van der Waals surface area (Å²) < 4.78 is 0. The zero-order valence-electron chi connectivity index (χ0n) is 13.8. The molecule has 2 rings (SSSR count). The van der Waals surface area contributed by atoms with Crippen LogP contribution in [0.15, 0.2) is 18.2 Å². The number of benzene rings is 1. The number of carbonyl (C=O) groups excluding carboxylic acids is 2. The van der Waals surface area contributed by atoms with Gasteiger partial charge in [0.2, 0.25) is 5.91 Å². The summed E-state index contributed by atoms with van der Waals surface area (Å²) in [4.78, 5) is 25.7. The van der Waals surface area contributed by atoms with Gasteiger partial charge in [0, 0.05) is 25.2 Å². The van der Waals surface area contributed by atoms with Crippen molar-refractivity contribution in [1.82, 2.24) is 10.2 Å². The molecule has 0 radical (unpaired) electrons. The molecule has 122 valence electrons. The first kappa shape index (κ1) is 17.0. The largest absolute Gasteiger partial charge is 0.355 e. The molecule has 1 N–H and O–H groups in total. The summed E-state index contributed by atoms with van der Waals surface area (Å²) in [5.74, 6) is 0.239. The fourth-order valence-electron chi connectivity index (χ4n) is 2.79. The molecule has 5 heteroatoms. The summed E-state index contributed by atoms with van der Waals surface area (Å²) in [5.41, 5.74) is 3.06. The first-order valence-corrected chi connectivity index (χ1v) is 8.01. The Morgan fingerprint density at radius 2 is 1.96 bits per heavy atom. The Kier molecular flexibility index (Phi) is 5.75. The second kappa shape index (κ2) is 7.77. The van der Waals surface area contributed by atoms with E-state index in [1.165, 1.54) is 5.56 Å². The lowest BCUT2D eigenvalue weighted by Gasteiger charge is -2.32. The highest BCUT2D eigenvalue weighted by Gasteiger charge is 2.24. The molecule has 0 atom stereocenters. The molecule has 1 heterocycles. The molecule has 0 spiro atoms. The van der Waals surface area contributed by atoms with Gasteiger partial charge in [0.05, 0.1) is 6.07 Å². The van der Waals surface area contributed by atoms with Crippen LogP contribution < -0.4 is 5.32 Å². The first-order valence-electron chi connectivity index (χ1n) is 8.01. The van der Waals surface area contributed by atoms with Gasteiger partial charge in [-0.05, 0) is 55.9 Å². The minimum atomic E-state index is -0.221. The lowest BCUT2D eigenvalue weighted by Crippen LogP contribution is -2.41. The summed E-state index contributed by atoms with van der Waals surface area (Å²) >= 11 is 0. The molecule has 1 aliphatic heterocycles. The van der Waals surface area contributed by atoms with E-state index < -0.39 is 0 Å². The van der Waals surface area contributed by atoms with E-state index in [-0.39, 0.29) is 18.2 Å². The van der Waals surface area contributed by atoms with Gasteiger partial charge in [-0.25, -0.2) is 0 Å². The van der Waals surface area contributed by atoms with E-state index >= 15 is 0 Å². The van der Waals surface area contributed by atoms with E-state index in [0.717, 1.165) is 24.0 Å². The molecule has 0 unspecified atom stereocenters. The molecular weight excluding hydrogens is 290 g/mol. The van der Waals surface area contributed by atoms with Crippen molar-refractivity contribution in [2.24, 2.45) is 5.92 Å². The highest BCUT2D eigenvalue weighted by Crippen LogP contribution is 2.19. The molecule has 23 heavy (non-hydrogen) atoms. The first-order chi connectivity index (χ1) is 11.0. The quantitative estimate of drug-likeness (QED) is 0.926. The summed E-state index contributed by atoms with van der Waals surface area (Å²) in [6, 6.07) is 7.66. The van der Waals surface area contributed by atoms with Gasteiger partial charge in [0.25, 0.3) is 5.91 Å². The van der Waals surface area contributed by atoms with E-state index in [9.17, 15) is 9.59 Å². The Labute approximate surface area is 137 Å². The number of nitrogens with zero attached hydrogens (tertiary/aromatic N) is 2. The van der Waals surface area contributed by atoms with Crippen LogP contribution in [0.4, 0.5) is 0 Å². The number of hydrogen-bond acceptors (Lipinski definition) is 3. The molecule has 1 aromatic carbocycles. The number of piperidine rings is 1. The molecular formula is C18H23N3O2. The SMILES string of the molecule is Cc1ccc(C(=O)N2CCC(CNC(=O)CC#N)CC2)cc1C. The Bertz CT molecular complexity index is 626. The molecule has 5 nitrogen and oxygen atoms in total. The maximum absolute atomic E-state index is 12.5. The summed E-state index contributed by atoms with van der Waals surface area (Å²) in [6.07, 6.45) is 1.66. The Morgan fingerprint density at radius 3 is 2.57 bits per heavy atom. The molecule has 1 aliphatic rings. The van der Waals surface area contributed by atoms with Crippen LogP contribution in [0.2, 0.25) is 0 Å². The number of aryl methyl sites for hydroxylation is 2. The van der Waals surface area contributed by atoms with Gasteiger partial charge in [-0.2, -0.15) is 5.26 Å². The number of nitriles is 1. The number of amides is 2. The minimum absolute atomic E-state index is 0.0834. The summed E-state index contributed by atoms with van der Waals surface area (Å²) in [7, 11) is 0. The van der Waals surface area contributed by atoms with E-state index in [1.807, 2.05) is 43.0 Å². The lowest BCUT2D eigenvalue weighted by atomic mass is 9.96. The number of carbonyl (C=O) groups is 2. The predicted octanol–water partition coefficient (Wildman–Crippen LogP) is 2.19. The second-order valence-corrected chi connectivity index (χ2v) is 6.17. The van der Waals surface area contributed by atoms with Gasteiger partial charge in [0.1, 0.15) is 6.42 Å². The molecule has 1 fully saturated rings. The molecule has 2 amide bonds. The number of likely N-dealkylation sites (tertiary alicyclic amines) is 1. The average Bonchev–Trinajstić information content (AvgIpc) is 2.55. The fourth-order valence-corrected chi connectivity index (χ4v) is 2.79. The molecule has 0 bridgehead atoms. The molecule has 1 aromatic rings.